The summed E-state index contributed by atoms with van der Waals surface area (Å²) in [6.07, 6.45) is -5.27. The highest BCUT2D eigenvalue weighted by molar-refractivity contribution is 7.87. The Labute approximate surface area is 475 Å². The Kier molecular flexibility index (Phi) is 16.8. The summed E-state index contributed by atoms with van der Waals surface area (Å²) < 4.78 is 130. The summed E-state index contributed by atoms with van der Waals surface area (Å²) in [4.78, 5) is 36.2. The maximum absolute atomic E-state index is 15.1. The fraction of sp³-hybridized carbons (Fsp3) is 0.226. The highest BCUT2D eigenvalue weighted by Crippen LogP contribution is 2.49. The maximum Gasteiger partial charge on any atom is 0.523 e. The second-order valence-corrected chi connectivity index (χ2v) is 20.6. The molecule has 83 heavy (non-hydrogen) atoms. The number of nitrogens with zero attached hydrogens (tertiary/aromatic N) is 4. The van der Waals surface area contributed by atoms with Crippen LogP contribution >= 0.6 is 0 Å². The van der Waals surface area contributed by atoms with Crippen LogP contribution in [-0.2, 0) is 51.0 Å². The van der Waals surface area contributed by atoms with Crippen LogP contribution in [0.1, 0.15) is 50.0 Å². The summed E-state index contributed by atoms with van der Waals surface area (Å²) >= 11 is 0. The molecule has 0 N–H and O–H groups in total. The van der Waals surface area contributed by atoms with Crippen molar-refractivity contribution in [3.8, 4) is 23.0 Å². The standard InChI is InChI=1S/C62H55F3N4O13S/c1-74-48-28-20-44(21-29-48)60(42-16-10-6-11-17-42,45-22-30-49(75-2)31-23-45)79-38-52-54(82-83(72,73)62(63,64)65)55(58(80-52)69-40-66-53-56(69)67-39-68(57(53)70)36-37-78-59(71)41-14-8-5-9-15-41)81-61(43-18-12-7-13-19-43,46-24-32-50(76-3)33-25-46)47-26-34-51(77-4)35-27-47/h5-35,39-40,52,54-55,58H,36-38H2,1-4H3/t52-,54-,55-,58-/m1/s1. The summed E-state index contributed by atoms with van der Waals surface area (Å²) in [5.41, 5.74) is -7.40. The summed E-state index contributed by atoms with van der Waals surface area (Å²) in [7, 11) is -0.531. The first kappa shape index (κ1) is 57.4. The first-order valence-electron chi connectivity index (χ1n) is 25.9. The van der Waals surface area contributed by atoms with Crippen LogP contribution in [0.15, 0.2) is 206 Å². The van der Waals surface area contributed by atoms with Crippen LogP contribution < -0.4 is 24.5 Å². The molecule has 21 heteroatoms. The average molecular weight is 1150 g/mol. The minimum Gasteiger partial charge on any atom is -0.497 e. The molecule has 0 radical (unpaired) electrons. The highest BCUT2D eigenvalue weighted by atomic mass is 32.2. The van der Waals surface area contributed by atoms with Crippen molar-refractivity contribution in [3.05, 3.63) is 250 Å². The van der Waals surface area contributed by atoms with Crippen molar-refractivity contribution in [2.24, 2.45) is 0 Å². The third-order valence-corrected chi connectivity index (χ3v) is 15.4. The monoisotopic (exact) mass is 1150 g/mol. The van der Waals surface area contributed by atoms with Crippen molar-refractivity contribution in [1.29, 1.82) is 0 Å². The number of hydrogen-bond donors (Lipinski definition) is 0. The van der Waals surface area contributed by atoms with Gasteiger partial charge in [0.25, 0.3) is 5.56 Å². The molecule has 1 fully saturated rings. The largest absolute Gasteiger partial charge is 0.523 e. The van der Waals surface area contributed by atoms with Gasteiger partial charge in [0.05, 0.1) is 53.5 Å². The van der Waals surface area contributed by atoms with Crippen molar-refractivity contribution in [1.82, 2.24) is 19.1 Å². The van der Waals surface area contributed by atoms with Crippen LogP contribution in [0.3, 0.4) is 0 Å². The third kappa shape index (κ3) is 11.4. The Balaban J connectivity index is 1.17. The molecule has 10 rings (SSSR count). The lowest BCUT2D eigenvalue weighted by molar-refractivity contribution is -0.122. The van der Waals surface area contributed by atoms with Crippen molar-refractivity contribution in [2.75, 3.05) is 41.7 Å². The van der Waals surface area contributed by atoms with E-state index in [4.69, 9.17) is 42.1 Å². The van der Waals surface area contributed by atoms with Gasteiger partial charge in [-0.1, -0.05) is 127 Å². The molecule has 0 saturated carbocycles. The van der Waals surface area contributed by atoms with E-state index in [0.717, 1.165) is 0 Å². The number of esters is 1. The summed E-state index contributed by atoms with van der Waals surface area (Å²) in [6, 6.07) is 53.5. The van der Waals surface area contributed by atoms with Crippen LogP contribution in [-0.4, -0.2) is 99.0 Å². The molecule has 1 saturated heterocycles. The van der Waals surface area contributed by atoms with Gasteiger partial charge in [0.15, 0.2) is 17.4 Å². The summed E-state index contributed by atoms with van der Waals surface area (Å²) in [5.74, 6) is 1.30. The summed E-state index contributed by atoms with van der Waals surface area (Å²) in [6.45, 7) is -1.06. The van der Waals surface area contributed by atoms with E-state index in [1.807, 2.05) is 12.1 Å². The van der Waals surface area contributed by atoms with Gasteiger partial charge < -0.3 is 37.9 Å². The first-order valence-corrected chi connectivity index (χ1v) is 27.3. The molecule has 7 aromatic carbocycles. The third-order valence-electron chi connectivity index (χ3n) is 14.3. The predicted molar refractivity (Wildman–Crippen MR) is 298 cm³/mol. The SMILES string of the molecule is COc1ccc(C(OC[C@H]2O[C@@H](n3cnc4c(=O)n(CCOC(=O)c5ccccc5)cnc43)[C@H](OC(c3ccccc3)(c3ccc(OC)cc3)c3ccc(OC)cc3)[C@@H]2OS(=O)(=O)C(F)(F)F)(c2ccccc2)c2ccc(OC)cc2)cc1. The number of fused-ring (bicyclic) bond motifs is 1. The molecule has 17 nitrogen and oxygen atoms in total. The van der Waals surface area contributed by atoms with Crippen molar-refractivity contribution in [3.63, 3.8) is 0 Å². The number of halogens is 3. The molecule has 3 heterocycles. The van der Waals surface area contributed by atoms with Gasteiger partial charge in [-0.05, 0) is 94.0 Å². The van der Waals surface area contributed by atoms with Gasteiger partial charge in [0, 0.05) is 0 Å². The van der Waals surface area contributed by atoms with E-state index in [2.05, 4.69) is 9.97 Å². The first-order chi connectivity index (χ1) is 40.1. The van der Waals surface area contributed by atoms with E-state index in [1.165, 1.54) is 50.2 Å². The van der Waals surface area contributed by atoms with Gasteiger partial charge in [-0.3, -0.25) is 18.1 Å². The summed E-state index contributed by atoms with van der Waals surface area (Å²) in [5, 5.41) is 0. The molecule has 0 aliphatic carbocycles. The molecule has 9 aromatic rings. The van der Waals surface area contributed by atoms with Crippen molar-refractivity contribution >= 4 is 27.3 Å². The Morgan fingerprint density at radius 2 is 1.00 bits per heavy atom. The topological polar surface area (TPSA) is 187 Å². The zero-order valence-corrected chi connectivity index (χ0v) is 45.9. The van der Waals surface area contributed by atoms with E-state index in [1.54, 1.807) is 176 Å². The highest BCUT2D eigenvalue weighted by Gasteiger charge is 2.58. The zero-order chi connectivity index (χ0) is 58.4. The molecule has 2 aromatic heterocycles. The molecular weight excluding hydrogens is 1100 g/mol. The van der Waals surface area contributed by atoms with Crippen LogP contribution in [0.4, 0.5) is 13.2 Å². The average Bonchev–Trinajstić information content (AvgIpc) is 2.51. The van der Waals surface area contributed by atoms with Gasteiger partial charge in [-0.2, -0.15) is 21.6 Å². The molecule has 4 atom stereocenters. The van der Waals surface area contributed by atoms with E-state index in [9.17, 15) is 18.0 Å². The number of imidazole rings is 1. The number of carbonyl (C=O) groups excluding carboxylic acids is 1. The molecule has 0 bridgehead atoms. The Morgan fingerprint density at radius 3 is 1.46 bits per heavy atom. The van der Waals surface area contributed by atoms with Gasteiger partial charge in [0.2, 0.25) is 0 Å². The normalized spacial score (nSPS) is 16.6. The lowest BCUT2D eigenvalue weighted by Crippen LogP contribution is -2.48. The Morgan fingerprint density at radius 1 is 0.566 bits per heavy atom. The number of benzene rings is 7. The molecular formula is C62H55F3N4O13S. The van der Waals surface area contributed by atoms with Gasteiger partial charge in [0.1, 0.15) is 65.4 Å². The van der Waals surface area contributed by atoms with Crippen LogP contribution in [0.25, 0.3) is 11.2 Å². The number of methoxy groups -OCH3 is 4. The molecule has 1 aliphatic heterocycles. The minimum absolute atomic E-state index is 0.139. The van der Waals surface area contributed by atoms with Gasteiger partial charge in [-0.25, -0.2) is 14.8 Å². The minimum atomic E-state index is -6.53. The van der Waals surface area contributed by atoms with Crippen LogP contribution in [0.2, 0.25) is 0 Å². The lowest BCUT2D eigenvalue weighted by atomic mass is 9.79. The predicted octanol–water partition coefficient (Wildman–Crippen LogP) is 10.0. The number of rotatable bonds is 22. The van der Waals surface area contributed by atoms with Crippen molar-refractivity contribution in [2.45, 2.75) is 47.8 Å². The molecule has 1 aliphatic rings. The number of ether oxygens (including phenoxy) is 8. The van der Waals surface area contributed by atoms with E-state index >= 15 is 13.2 Å². The fourth-order valence-corrected chi connectivity index (χ4v) is 10.8. The Hall–Kier alpha value is -8.86. The van der Waals surface area contributed by atoms with E-state index < -0.39 is 69.5 Å². The van der Waals surface area contributed by atoms with Crippen LogP contribution in [0.5, 0.6) is 23.0 Å². The quantitative estimate of drug-likeness (QED) is 0.0270. The molecule has 0 unspecified atom stereocenters. The molecule has 428 valence electrons. The van der Waals surface area contributed by atoms with Crippen LogP contribution in [0, 0.1) is 0 Å². The lowest BCUT2D eigenvalue weighted by Gasteiger charge is -2.40. The Bertz CT molecular complexity index is 3720. The van der Waals surface area contributed by atoms with E-state index in [0.29, 0.717) is 61.9 Å². The number of alkyl halides is 3. The molecule has 0 spiro atoms. The van der Waals surface area contributed by atoms with Gasteiger partial charge >= 0.3 is 21.6 Å². The van der Waals surface area contributed by atoms with E-state index in [-0.39, 0.29) is 24.3 Å². The second-order valence-electron chi connectivity index (χ2n) is 19.0. The number of hydrogen-bond acceptors (Lipinski definition) is 15. The maximum atomic E-state index is 15.1. The van der Waals surface area contributed by atoms with Crippen molar-refractivity contribution < 1.29 is 68.5 Å². The number of carbonyl (C=O) groups is 1. The van der Waals surface area contributed by atoms with Gasteiger partial charge in [-0.15, -0.1) is 0 Å². The smallest absolute Gasteiger partial charge is 0.497 e. The molecule has 0 amide bonds. The zero-order valence-electron chi connectivity index (χ0n) is 45.1. The fourth-order valence-electron chi connectivity index (χ4n) is 10.2. The second kappa shape index (κ2) is 24.3. The number of aromatic nitrogens is 4.